The molecule has 0 heterocycles. The predicted octanol–water partition coefficient (Wildman–Crippen LogP) is 0.412. The van der Waals surface area contributed by atoms with E-state index in [0.717, 1.165) is 17.8 Å². The van der Waals surface area contributed by atoms with Crippen LogP contribution in [0.5, 0.6) is 0 Å². The van der Waals surface area contributed by atoms with Crippen LogP contribution < -0.4 is 10.2 Å². The average Bonchev–Trinajstić information content (AvgIpc) is 2.39. The first-order valence-corrected chi connectivity index (χ1v) is 6.12. The normalized spacial score (nSPS) is 10.2. The van der Waals surface area contributed by atoms with E-state index in [1.807, 2.05) is 36.1 Å². The summed E-state index contributed by atoms with van der Waals surface area (Å²) in [5, 5.41) is 28.7. The van der Waals surface area contributed by atoms with Crippen LogP contribution in [0.1, 0.15) is 12.5 Å². The van der Waals surface area contributed by atoms with Gasteiger partial charge in [-0.25, -0.2) is 0 Å². The average molecular weight is 251 g/mol. The molecule has 0 bridgehead atoms. The number of hydrogen-bond acceptors (Lipinski definition) is 4. The van der Waals surface area contributed by atoms with Crippen LogP contribution in [0.4, 0.5) is 5.69 Å². The Balaban J connectivity index is 2.76. The van der Waals surface area contributed by atoms with Gasteiger partial charge in [-0.1, -0.05) is 0 Å². The Morgan fingerprint density at radius 2 is 1.72 bits per heavy atom. The van der Waals surface area contributed by atoms with Gasteiger partial charge in [0.25, 0.3) is 0 Å². The molecule has 4 N–H and O–H groups in total. The lowest BCUT2D eigenvalue weighted by Crippen LogP contribution is -2.29. The summed E-state index contributed by atoms with van der Waals surface area (Å²) in [5.41, 5.74) is 1.76. The quantitative estimate of drug-likeness (QED) is 0.418. The zero-order valence-electron chi connectivity index (χ0n) is 10.7. The van der Waals surface area contributed by atoms with Gasteiger partial charge in [-0.3, -0.25) is 5.41 Å². The van der Waals surface area contributed by atoms with Crippen LogP contribution >= 0.6 is 0 Å². The number of hydrogen-bond donors (Lipinski definition) is 4. The van der Waals surface area contributed by atoms with Crippen LogP contribution in [-0.2, 0) is 0 Å². The van der Waals surface area contributed by atoms with Gasteiger partial charge in [-0.2, -0.15) is 0 Å². The van der Waals surface area contributed by atoms with Crippen molar-refractivity contribution in [3.05, 3.63) is 29.8 Å². The van der Waals surface area contributed by atoms with Gasteiger partial charge < -0.3 is 20.4 Å². The first-order chi connectivity index (χ1) is 8.72. The minimum absolute atomic E-state index is 0.0506. The standard InChI is InChI=1S/C13H21N3O2/c1-2-15-13(14)11-3-5-12(6-4-11)16(7-9-17)8-10-18/h3-6,17-18H,2,7-10H2,1H3,(H2,14,15). The van der Waals surface area contributed by atoms with Crippen molar-refractivity contribution in [3.8, 4) is 0 Å². The molecule has 0 radical (unpaired) electrons. The maximum Gasteiger partial charge on any atom is 0.125 e. The summed E-state index contributed by atoms with van der Waals surface area (Å²) in [5.74, 6) is 0.403. The Morgan fingerprint density at radius 3 is 2.17 bits per heavy atom. The highest BCUT2D eigenvalue weighted by atomic mass is 16.3. The summed E-state index contributed by atoms with van der Waals surface area (Å²) in [6.07, 6.45) is 0. The molecule has 0 spiro atoms. The lowest BCUT2D eigenvalue weighted by molar-refractivity contribution is 0.281. The molecule has 0 fully saturated rings. The smallest absolute Gasteiger partial charge is 0.125 e. The van der Waals surface area contributed by atoms with Gasteiger partial charge in [-0.15, -0.1) is 0 Å². The number of anilines is 1. The molecule has 0 aliphatic heterocycles. The number of aliphatic hydroxyl groups is 2. The molecule has 0 aliphatic carbocycles. The number of nitrogens with one attached hydrogen (secondary N) is 2. The minimum Gasteiger partial charge on any atom is -0.395 e. The monoisotopic (exact) mass is 251 g/mol. The topological polar surface area (TPSA) is 79.6 Å². The molecule has 5 heteroatoms. The molecule has 1 rings (SSSR count). The van der Waals surface area contributed by atoms with Crippen molar-refractivity contribution in [1.29, 1.82) is 5.41 Å². The summed E-state index contributed by atoms with van der Waals surface area (Å²) in [6.45, 7) is 3.76. The molecule has 1 aromatic carbocycles. The van der Waals surface area contributed by atoms with Crippen molar-refractivity contribution >= 4 is 11.5 Å². The van der Waals surface area contributed by atoms with Crippen molar-refractivity contribution in [2.24, 2.45) is 0 Å². The first kappa shape index (κ1) is 14.5. The lowest BCUT2D eigenvalue weighted by atomic mass is 10.1. The van der Waals surface area contributed by atoms with E-state index in [9.17, 15) is 0 Å². The van der Waals surface area contributed by atoms with Crippen molar-refractivity contribution in [1.82, 2.24) is 5.32 Å². The van der Waals surface area contributed by atoms with E-state index in [0.29, 0.717) is 18.9 Å². The highest BCUT2D eigenvalue weighted by molar-refractivity contribution is 5.96. The van der Waals surface area contributed by atoms with Crippen LogP contribution in [0.15, 0.2) is 24.3 Å². The molecule has 0 aliphatic rings. The summed E-state index contributed by atoms with van der Waals surface area (Å²) >= 11 is 0. The third kappa shape index (κ3) is 4.01. The van der Waals surface area contributed by atoms with Crippen LogP contribution in [0.25, 0.3) is 0 Å². The fraction of sp³-hybridized carbons (Fsp3) is 0.462. The van der Waals surface area contributed by atoms with Crippen molar-refractivity contribution in [2.75, 3.05) is 37.7 Å². The predicted molar refractivity (Wildman–Crippen MR) is 73.3 cm³/mol. The summed E-state index contributed by atoms with van der Waals surface area (Å²) in [7, 11) is 0. The van der Waals surface area contributed by atoms with Gasteiger partial charge in [0.1, 0.15) is 5.84 Å². The van der Waals surface area contributed by atoms with Gasteiger partial charge >= 0.3 is 0 Å². The molecule has 0 unspecified atom stereocenters. The van der Waals surface area contributed by atoms with Gasteiger partial charge in [0.15, 0.2) is 0 Å². The highest BCUT2D eigenvalue weighted by Gasteiger charge is 2.06. The fourth-order valence-electron chi connectivity index (χ4n) is 1.73. The summed E-state index contributed by atoms with van der Waals surface area (Å²) < 4.78 is 0. The number of amidine groups is 1. The maximum atomic E-state index is 8.97. The third-order valence-electron chi connectivity index (χ3n) is 2.61. The lowest BCUT2D eigenvalue weighted by Gasteiger charge is -2.23. The summed E-state index contributed by atoms with van der Waals surface area (Å²) in [4.78, 5) is 1.90. The van der Waals surface area contributed by atoms with E-state index >= 15 is 0 Å². The van der Waals surface area contributed by atoms with Crippen LogP contribution in [0.2, 0.25) is 0 Å². The number of rotatable bonds is 7. The fourth-order valence-corrected chi connectivity index (χ4v) is 1.73. The molecule has 100 valence electrons. The second-order valence-electron chi connectivity index (χ2n) is 3.89. The minimum atomic E-state index is 0.0506. The molecular weight excluding hydrogens is 230 g/mol. The van der Waals surface area contributed by atoms with E-state index in [-0.39, 0.29) is 13.2 Å². The van der Waals surface area contributed by atoms with Crippen molar-refractivity contribution in [2.45, 2.75) is 6.92 Å². The van der Waals surface area contributed by atoms with E-state index < -0.39 is 0 Å². The van der Waals surface area contributed by atoms with Gasteiger partial charge in [-0.05, 0) is 31.2 Å². The molecule has 1 aromatic rings. The van der Waals surface area contributed by atoms with E-state index in [4.69, 9.17) is 15.6 Å². The van der Waals surface area contributed by atoms with Crippen molar-refractivity contribution < 1.29 is 10.2 Å². The van der Waals surface area contributed by atoms with Gasteiger partial charge in [0, 0.05) is 30.9 Å². The van der Waals surface area contributed by atoms with Crippen LogP contribution in [-0.4, -0.2) is 48.9 Å². The Bertz CT molecular complexity index is 359. The number of aliphatic hydroxyl groups excluding tert-OH is 2. The first-order valence-electron chi connectivity index (χ1n) is 6.12. The zero-order valence-corrected chi connectivity index (χ0v) is 10.7. The molecule has 0 saturated heterocycles. The number of nitrogens with zero attached hydrogens (tertiary/aromatic N) is 1. The molecular formula is C13H21N3O2. The van der Waals surface area contributed by atoms with E-state index in [2.05, 4.69) is 5.32 Å². The van der Waals surface area contributed by atoms with Gasteiger partial charge in [0.2, 0.25) is 0 Å². The number of benzene rings is 1. The molecule has 0 amide bonds. The largest absolute Gasteiger partial charge is 0.395 e. The molecule has 5 nitrogen and oxygen atoms in total. The Kier molecular flexibility index (Phi) is 6.18. The Hall–Kier alpha value is -1.59. The summed E-state index contributed by atoms with van der Waals surface area (Å²) in [6, 6.07) is 7.52. The van der Waals surface area contributed by atoms with E-state index in [1.165, 1.54) is 0 Å². The van der Waals surface area contributed by atoms with Gasteiger partial charge in [0.05, 0.1) is 13.2 Å². The zero-order chi connectivity index (χ0) is 13.4. The van der Waals surface area contributed by atoms with Crippen molar-refractivity contribution in [3.63, 3.8) is 0 Å². The van der Waals surface area contributed by atoms with Crippen LogP contribution in [0, 0.1) is 5.41 Å². The SMILES string of the molecule is CCNC(=N)c1ccc(N(CCO)CCO)cc1. The van der Waals surface area contributed by atoms with E-state index in [1.54, 1.807) is 0 Å². The Morgan fingerprint density at radius 1 is 1.17 bits per heavy atom. The maximum absolute atomic E-state index is 8.97. The second-order valence-corrected chi connectivity index (χ2v) is 3.89. The third-order valence-corrected chi connectivity index (χ3v) is 2.61. The molecule has 0 aromatic heterocycles. The Labute approximate surface area is 108 Å². The molecule has 18 heavy (non-hydrogen) atoms. The second kappa shape index (κ2) is 7.68. The highest BCUT2D eigenvalue weighted by Crippen LogP contribution is 2.14. The molecule has 0 saturated carbocycles. The molecule has 0 atom stereocenters. The van der Waals surface area contributed by atoms with Crippen LogP contribution in [0.3, 0.4) is 0 Å².